The Morgan fingerprint density at radius 3 is 2.65 bits per heavy atom. The van der Waals surface area contributed by atoms with Crippen molar-refractivity contribution < 1.29 is 0 Å². The molecular formula is C15H24N2. The zero-order chi connectivity index (χ0) is 12.3. The molecule has 1 aliphatic carbocycles. The second kappa shape index (κ2) is 5.44. The Balaban J connectivity index is 1.89. The van der Waals surface area contributed by atoms with Crippen LogP contribution in [0.2, 0.25) is 0 Å². The van der Waals surface area contributed by atoms with E-state index >= 15 is 0 Å². The predicted octanol–water partition coefficient (Wildman–Crippen LogP) is 3.04. The molecule has 2 heteroatoms. The van der Waals surface area contributed by atoms with Crippen molar-refractivity contribution in [1.29, 1.82) is 0 Å². The first-order valence-electron chi connectivity index (χ1n) is 6.78. The van der Waals surface area contributed by atoms with E-state index < -0.39 is 0 Å². The third-order valence-electron chi connectivity index (χ3n) is 4.11. The minimum atomic E-state index is 0.340. The minimum Gasteiger partial charge on any atom is -0.402 e. The largest absolute Gasteiger partial charge is 0.402 e. The fourth-order valence-electron chi connectivity index (χ4n) is 2.72. The molecule has 2 rings (SSSR count). The van der Waals surface area contributed by atoms with Crippen LogP contribution in [0.15, 0.2) is 36.2 Å². The van der Waals surface area contributed by atoms with Crippen LogP contribution in [-0.4, -0.2) is 18.0 Å². The quantitative estimate of drug-likeness (QED) is 0.810. The summed E-state index contributed by atoms with van der Waals surface area (Å²) in [5.41, 5.74) is 7.90. The standard InChI is InChI=1S/C15H24N2/c1-3-13-8-10-17(11-9-13)15-6-4-14(5-7-15)12(2)16/h4,6-7,13-14H,2-3,5,8-11,16H2,1H3. The highest BCUT2D eigenvalue weighted by molar-refractivity contribution is 5.26. The Kier molecular flexibility index (Phi) is 3.93. The predicted molar refractivity (Wildman–Crippen MR) is 73.2 cm³/mol. The van der Waals surface area contributed by atoms with Gasteiger partial charge in [0.15, 0.2) is 0 Å². The highest BCUT2D eigenvalue weighted by Gasteiger charge is 2.20. The summed E-state index contributed by atoms with van der Waals surface area (Å²) >= 11 is 0. The monoisotopic (exact) mass is 232 g/mol. The van der Waals surface area contributed by atoms with Crippen molar-refractivity contribution in [3.63, 3.8) is 0 Å². The Hall–Kier alpha value is -1.18. The average molecular weight is 232 g/mol. The number of rotatable bonds is 3. The molecule has 1 saturated heterocycles. The van der Waals surface area contributed by atoms with E-state index in [0.29, 0.717) is 5.92 Å². The van der Waals surface area contributed by atoms with E-state index in [4.69, 9.17) is 5.73 Å². The number of allylic oxidation sites excluding steroid dienone is 3. The van der Waals surface area contributed by atoms with Crippen LogP contribution in [0.25, 0.3) is 0 Å². The molecule has 2 N–H and O–H groups in total. The summed E-state index contributed by atoms with van der Waals surface area (Å²) in [5.74, 6) is 1.28. The molecule has 94 valence electrons. The van der Waals surface area contributed by atoms with Gasteiger partial charge < -0.3 is 10.6 Å². The summed E-state index contributed by atoms with van der Waals surface area (Å²) < 4.78 is 0. The topological polar surface area (TPSA) is 29.3 Å². The fraction of sp³-hybridized carbons (Fsp3) is 0.600. The number of hydrogen-bond acceptors (Lipinski definition) is 2. The van der Waals surface area contributed by atoms with Gasteiger partial charge in [-0.1, -0.05) is 32.1 Å². The minimum absolute atomic E-state index is 0.340. The van der Waals surface area contributed by atoms with Crippen LogP contribution in [0.5, 0.6) is 0 Å². The summed E-state index contributed by atoms with van der Waals surface area (Å²) in [5, 5.41) is 0. The van der Waals surface area contributed by atoms with Crippen LogP contribution in [0.3, 0.4) is 0 Å². The summed E-state index contributed by atoms with van der Waals surface area (Å²) in [6.07, 6.45) is 11.8. The first kappa shape index (κ1) is 12.3. The lowest BCUT2D eigenvalue weighted by atomic mass is 9.92. The first-order valence-corrected chi connectivity index (χ1v) is 6.78. The molecule has 1 fully saturated rings. The molecular weight excluding hydrogens is 208 g/mol. The lowest BCUT2D eigenvalue weighted by molar-refractivity contribution is 0.227. The smallest absolute Gasteiger partial charge is 0.0323 e. The molecule has 0 aromatic heterocycles. The number of likely N-dealkylation sites (tertiary alicyclic amines) is 1. The number of piperidine rings is 1. The fourth-order valence-corrected chi connectivity index (χ4v) is 2.72. The average Bonchev–Trinajstić information content (AvgIpc) is 2.39. The second-order valence-corrected chi connectivity index (χ2v) is 5.24. The molecule has 2 aliphatic rings. The number of nitrogens with two attached hydrogens (primary N) is 1. The highest BCUT2D eigenvalue weighted by atomic mass is 15.1. The molecule has 1 aliphatic heterocycles. The van der Waals surface area contributed by atoms with E-state index in [1.54, 1.807) is 0 Å². The maximum atomic E-state index is 5.74. The van der Waals surface area contributed by atoms with Gasteiger partial charge in [-0.25, -0.2) is 0 Å². The maximum absolute atomic E-state index is 5.74. The second-order valence-electron chi connectivity index (χ2n) is 5.24. The van der Waals surface area contributed by atoms with Crippen molar-refractivity contribution >= 4 is 0 Å². The summed E-state index contributed by atoms with van der Waals surface area (Å²) in [4.78, 5) is 2.51. The van der Waals surface area contributed by atoms with E-state index in [1.165, 1.54) is 38.0 Å². The molecule has 0 aromatic carbocycles. The third-order valence-corrected chi connectivity index (χ3v) is 4.11. The SMILES string of the molecule is C=C(N)C1C=CC(N2CCC(CC)CC2)=CC1. The van der Waals surface area contributed by atoms with Gasteiger partial charge in [0.25, 0.3) is 0 Å². The van der Waals surface area contributed by atoms with Crippen LogP contribution in [0.1, 0.15) is 32.6 Å². The summed E-state index contributed by atoms with van der Waals surface area (Å²) in [6, 6.07) is 0. The van der Waals surface area contributed by atoms with Crippen molar-refractivity contribution in [2.24, 2.45) is 17.6 Å². The van der Waals surface area contributed by atoms with Gasteiger partial charge in [-0.3, -0.25) is 0 Å². The van der Waals surface area contributed by atoms with Gasteiger partial charge in [0.1, 0.15) is 0 Å². The van der Waals surface area contributed by atoms with Gasteiger partial charge in [-0.15, -0.1) is 0 Å². The van der Waals surface area contributed by atoms with Crippen LogP contribution in [0, 0.1) is 11.8 Å². The molecule has 2 nitrogen and oxygen atoms in total. The first-order chi connectivity index (χ1) is 8.20. The van der Waals surface area contributed by atoms with Crippen molar-refractivity contribution in [3.05, 3.63) is 36.2 Å². The van der Waals surface area contributed by atoms with Crippen LogP contribution in [0.4, 0.5) is 0 Å². The zero-order valence-electron chi connectivity index (χ0n) is 10.9. The molecule has 0 aromatic rings. The van der Waals surface area contributed by atoms with Gasteiger partial charge in [-0.05, 0) is 31.3 Å². The summed E-state index contributed by atoms with van der Waals surface area (Å²) in [6.45, 7) is 8.55. The third kappa shape index (κ3) is 2.93. The van der Waals surface area contributed by atoms with Gasteiger partial charge in [-0.2, -0.15) is 0 Å². The van der Waals surface area contributed by atoms with Crippen molar-refractivity contribution in [2.75, 3.05) is 13.1 Å². The normalized spacial score (nSPS) is 25.8. The molecule has 0 bridgehead atoms. The Labute approximate surface area is 105 Å². The van der Waals surface area contributed by atoms with Crippen LogP contribution < -0.4 is 5.73 Å². The van der Waals surface area contributed by atoms with Gasteiger partial charge in [0.05, 0.1) is 0 Å². The molecule has 17 heavy (non-hydrogen) atoms. The lowest BCUT2D eigenvalue weighted by Gasteiger charge is -2.35. The molecule has 1 atom stereocenters. The van der Waals surface area contributed by atoms with E-state index in [2.05, 4.69) is 36.6 Å². The van der Waals surface area contributed by atoms with Crippen molar-refractivity contribution in [3.8, 4) is 0 Å². The summed E-state index contributed by atoms with van der Waals surface area (Å²) in [7, 11) is 0. The van der Waals surface area contributed by atoms with Crippen molar-refractivity contribution in [2.45, 2.75) is 32.6 Å². The maximum Gasteiger partial charge on any atom is 0.0323 e. The lowest BCUT2D eigenvalue weighted by Crippen LogP contribution is -2.33. The van der Waals surface area contributed by atoms with Crippen LogP contribution in [-0.2, 0) is 0 Å². The van der Waals surface area contributed by atoms with Crippen LogP contribution >= 0.6 is 0 Å². The van der Waals surface area contributed by atoms with Gasteiger partial charge >= 0.3 is 0 Å². The number of hydrogen-bond donors (Lipinski definition) is 1. The van der Waals surface area contributed by atoms with E-state index in [-0.39, 0.29) is 0 Å². The van der Waals surface area contributed by atoms with E-state index in [9.17, 15) is 0 Å². The van der Waals surface area contributed by atoms with E-state index in [0.717, 1.165) is 18.0 Å². The highest BCUT2D eigenvalue weighted by Crippen LogP contribution is 2.27. The molecule has 1 unspecified atom stereocenters. The van der Waals surface area contributed by atoms with Crippen molar-refractivity contribution in [1.82, 2.24) is 4.90 Å². The number of nitrogens with zero attached hydrogens (tertiary/aromatic N) is 1. The molecule has 0 amide bonds. The Morgan fingerprint density at radius 2 is 2.18 bits per heavy atom. The van der Waals surface area contributed by atoms with E-state index in [1.807, 2.05) is 0 Å². The molecule has 0 saturated carbocycles. The Bertz CT molecular complexity index is 333. The molecule has 1 heterocycles. The molecule has 0 radical (unpaired) electrons. The molecule has 0 spiro atoms. The Morgan fingerprint density at radius 1 is 1.47 bits per heavy atom. The van der Waals surface area contributed by atoms with Gasteiger partial charge in [0, 0.05) is 30.4 Å². The zero-order valence-corrected chi connectivity index (χ0v) is 10.9. The van der Waals surface area contributed by atoms with Gasteiger partial charge in [0.2, 0.25) is 0 Å².